The third kappa shape index (κ3) is 2.87. The Hall–Kier alpha value is -2.06. The quantitative estimate of drug-likeness (QED) is 0.872. The van der Waals surface area contributed by atoms with Crippen molar-refractivity contribution in [1.29, 1.82) is 0 Å². The van der Waals surface area contributed by atoms with Gasteiger partial charge in [-0.3, -0.25) is 0 Å². The number of nitrogens with two attached hydrogens (primary N) is 1. The van der Waals surface area contributed by atoms with Gasteiger partial charge in [0, 0.05) is 35.2 Å². The normalized spacial score (nSPS) is 28.3. The van der Waals surface area contributed by atoms with Gasteiger partial charge in [-0.2, -0.15) is 0 Å². The maximum atomic E-state index is 14.6. The van der Waals surface area contributed by atoms with Gasteiger partial charge in [-0.15, -0.1) is 0 Å². The van der Waals surface area contributed by atoms with Crippen LogP contribution in [0.25, 0.3) is 0 Å². The third-order valence-corrected chi connectivity index (χ3v) is 5.97. The molecule has 136 valence electrons. The Bertz CT molecular complexity index is 861. The first-order valence-electron chi connectivity index (χ1n) is 8.32. The fraction of sp³-hybridized carbons (Fsp3) is 0.389. The number of fused-ring (bicyclic) bond motifs is 1. The molecule has 0 amide bonds. The summed E-state index contributed by atoms with van der Waals surface area (Å²) in [6, 6.07) is 4.16. The maximum absolute atomic E-state index is 14.6. The maximum Gasteiger partial charge on any atom is 0.164 e. The van der Waals surface area contributed by atoms with Crippen molar-refractivity contribution in [2.75, 3.05) is 12.4 Å². The number of ether oxygens (including phenoxy) is 1. The molecule has 0 saturated carbocycles. The van der Waals surface area contributed by atoms with E-state index in [9.17, 15) is 8.78 Å². The largest absolute Gasteiger partial charge is 0.379 e. The topological polar surface area (TPSA) is 73.4 Å². The lowest BCUT2D eigenvalue weighted by Gasteiger charge is -2.46. The van der Waals surface area contributed by atoms with Crippen LogP contribution in [0.3, 0.4) is 0 Å². The molecular formula is C18H18F2N4OS. The molecule has 1 saturated heterocycles. The van der Waals surface area contributed by atoms with Crippen LogP contribution in [0, 0.1) is 24.5 Å². The molecule has 1 aromatic carbocycles. The minimum atomic E-state index is -1.01. The molecule has 0 bridgehead atoms. The molecule has 1 fully saturated rings. The molecule has 2 aromatic rings. The van der Waals surface area contributed by atoms with Crippen LogP contribution in [0.4, 0.5) is 8.78 Å². The van der Waals surface area contributed by atoms with Crippen molar-refractivity contribution in [3.8, 4) is 0 Å². The number of rotatable bonds is 2. The van der Waals surface area contributed by atoms with Crippen LogP contribution in [0.1, 0.15) is 29.5 Å². The van der Waals surface area contributed by atoms with Gasteiger partial charge in [0.15, 0.2) is 16.8 Å². The third-order valence-electron chi connectivity index (χ3n) is 5.01. The molecule has 26 heavy (non-hydrogen) atoms. The van der Waals surface area contributed by atoms with Gasteiger partial charge in [0.2, 0.25) is 0 Å². The number of hydrogen-bond donors (Lipinski definition) is 1. The molecule has 0 radical (unpaired) electrons. The Balaban J connectivity index is 1.72. The first-order valence-corrected chi connectivity index (χ1v) is 9.31. The van der Waals surface area contributed by atoms with Crippen LogP contribution in [-0.2, 0) is 10.3 Å². The highest BCUT2D eigenvalue weighted by Crippen LogP contribution is 2.49. The molecule has 0 spiro atoms. The SMILES string of the molecule is Cc1ncc([C@H]2C[C@H]3CSC(N)=N[C@@]3(c3cccc(F)c3F)CO2)cn1. The van der Waals surface area contributed by atoms with E-state index < -0.39 is 17.2 Å². The minimum Gasteiger partial charge on any atom is -0.379 e. The van der Waals surface area contributed by atoms with Gasteiger partial charge in [0.1, 0.15) is 11.4 Å². The first-order chi connectivity index (χ1) is 12.5. The van der Waals surface area contributed by atoms with Crippen LogP contribution in [0.5, 0.6) is 0 Å². The predicted octanol–water partition coefficient (Wildman–Crippen LogP) is 3.10. The zero-order chi connectivity index (χ0) is 18.3. The molecule has 0 unspecified atom stereocenters. The number of aromatic nitrogens is 2. The number of aliphatic imine (C=N–C) groups is 1. The van der Waals surface area contributed by atoms with Gasteiger partial charge in [-0.1, -0.05) is 23.9 Å². The number of aryl methyl sites for hydroxylation is 1. The summed E-state index contributed by atoms with van der Waals surface area (Å²) < 4.78 is 34.5. The summed E-state index contributed by atoms with van der Waals surface area (Å²) in [6.45, 7) is 1.94. The van der Waals surface area contributed by atoms with E-state index in [0.29, 0.717) is 23.2 Å². The van der Waals surface area contributed by atoms with E-state index in [2.05, 4.69) is 15.0 Å². The van der Waals surface area contributed by atoms with Crippen molar-refractivity contribution < 1.29 is 13.5 Å². The van der Waals surface area contributed by atoms with Crippen LogP contribution >= 0.6 is 11.8 Å². The number of hydrogen-bond acceptors (Lipinski definition) is 6. The summed E-state index contributed by atoms with van der Waals surface area (Å²) >= 11 is 1.43. The lowest BCUT2D eigenvalue weighted by atomic mass is 9.74. The van der Waals surface area contributed by atoms with Gasteiger partial charge in [-0.25, -0.2) is 23.7 Å². The molecule has 2 N–H and O–H groups in total. The van der Waals surface area contributed by atoms with Crippen LogP contribution in [0.15, 0.2) is 35.6 Å². The average Bonchev–Trinajstić information content (AvgIpc) is 2.64. The van der Waals surface area contributed by atoms with Gasteiger partial charge < -0.3 is 10.5 Å². The van der Waals surface area contributed by atoms with Crippen molar-refractivity contribution in [2.24, 2.45) is 16.6 Å². The Kier molecular flexibility index (Phi) is 4.40. The molecular weight excluding hydrogens is 358 g/mol. The van der Waals surface area contributed by atoms with Crippen molar-refractivity contribution in [2.45, 2.75) is 25.0 Å². The number of benzene rings is 1. The first kappa shape index (κ1) is 17.4. The average molecular weight is 376 g/mol. The van der Waals surface area contributed by atoms with Crippen LogP contribution in [-0.4, -0.2) is 27.5 Å². The fourth-order valence-electron chi connectivity index (χ4n) is 3.61. The number of thioether (sulfide) groups is 1. The molecule has 3 atom stereocenters. The van der Waals surface area contributed by atoms with Crippen LogP contribution < -0.4 is 5.73 Å². The Morgan fingerprint density at radius 3 is 2.81 bits per heavy atom. The van der Waals surface area contributed by atoms with Crippen molar-refractivity contribution >= 4 is 16.9 Å². The smallest absolute Gasteiger partial charge is 0.164 e. The Morgan fingerprint density at radius 2 is 2.04 bits per heavy atom. The van der Waals surface area contributed by atoms with Gasteiger partial charge in [-0.05, 0) is 19.4 Å². The second-order valence-corrected chi connectivity index (χ2v) is 7.62. The van der Waals surface area contributed by atoms with E-state index in [-0.39, 0.29) is 24.2 Å². The highest BCUT2D eigenvalue weighted by Gasteiger charge is 2.50. The van der Waals surface area contributed by atoms with Crippen molar-refractivity contribution in [3.05, 3.63) is 59.2 Å². The van der Waals surface area contributed by atoms with Crippen molar-refractivity contribution in [3.63, 3.8) is 0 Å². The second-order valence-electron chi connectivity index (χ2n) is 6.58. The van der Waals surface area contributed by atoms with E-state index in [1.165, 1.54) is 17.8 Å². The summed E-state index contributed by atoms with van der Waals surface area (Å²) in [5, 5.41) is 0.366. The van der Waals surface area contributed by atoms with Gasteiger partial charge in [0.05, 0.1) is 12.7 Å². The summed E-state index contributed by atoms with van der Waals surface area (Å²) in [5.74, 6) is -0.474. The number of nitrogens with zero attached hydrogens (tertiary/aromatic N) is 3. The molecule has 2 aliphatic rings. The molecule has 4 rings (SSSR count). The fourth-order valence-corrected chi connectivity index (χ4v) is 4.62. The van der Waals surface area contributed by atoms with E-state index in [4.69, 9.17) is 10.5 Å². The number of amidine groups is 1. The second kappa shape index (κ2) is 6.59. The van der Waals surface area contributed by atoms with Gasteiger partial charge in [0.25, 0.3) is 0 Å². The molecule has 3 heterocycles. The number of halogens is 2. The minimum absolute atomic E-state index is 0.0452. The summed E-state index contributed by atoms with van der Waals surface area (Å²) in [4.78, 5) is 13.0. The summed E-state index contributed by atoms with van der Waals surface area (Å²) in [6.07, 6.45) is 3.89. The molecule has 0 aliphatic carbocycles. The van der Waals surface area contributed by atoms with Crippen LogP contribution in [0.2, 0.25) is 0 Å². The molecule has 8 heteroatoms. The van der Waals surface area contributed by atoms with Crippen molar-refractivity contribution in [1.82, 2.24) is 9.97 Å². The molecule has 1 aromatic heterocycles. The Labute approximate surface area is 154 Å². The van der Waals surface area contributed by atoms with Gasteiger partial charge >= 0.3 is 0 Å². The highest BCUT2D eigenvalue weighted by molar-refractivity contribution is 8.13. The zero-order valence-electron chi connectivity index (χ0n) is 14.2. The predicted molar refractivity (Wildman–Crippen MR) is 95.7 cm³/mol. The monoisotopic (exact) mass is 376 g/mol. The van der Waals surface area contributed by atoms with E-state index in [1.807, 2.05) is 6.92 Å². The van der Waals surface area contributed by atoms with E-state index >= 15 is 0 Å². The summed E-state index contributed by atoms with van der Waals surface area (Å²) in [5.41, 5.74) is 6.00. The van der Waals surface area contributed by atoms with E-state index in [1.54, 1.807) is 18.5 Å². The summed E-state index contributed by atoms with van der Waals surface area (Å²) in [7, 11) is 0. The zero-order valence-corrected chi connectivity index (χ0v) is 15.0. The molecule has 5 nitrogen and oxygen atoms in total. The highest BCUT2D eigenvalue weighted by atomic mass is 32.2. The Morgan fingerprint density at radius 1 is 1.27 bits per heavy atom. The standard InChI is InChI=1S/C18H18F2N4OS/c1-10-22-6-11(7-23-10)15-5-12-8-26-17(21)24-18(12,9-25-15)13-3-2-4-14(19)16(13)20/h2-4,6-7,12,15H,5,8-9H2,1H3,(H2,21,24)/t12-,15+,18-/m0/s1. The van der Waals surface area contributed by atoms with E-state index in [0.717, 1.165) is 11.6 Å². The molecule has 2 aliphatic heterocycles. The lowest BCUT2D eigenvalue weighted by molar-refractivity contribution is -0.0592. The lowest BCUT2D eigenvalue weighted by Crippen LogP contribution is -2.48.